The summed E-state index contributed by atoms with van der Waals surface area (Å²) in [5.74, 6) is 0.518. The molecule has 0 aliphatic heterocycles. The maximum Gasteiger partial charge on any atom is 0.243 e. The van der Waals surface area contributed by atoms with Crippen LogP contribution in [0.15, 0.2) is 47.6 Å². The Labute approximate surface area is 124 Å². The van der Waals surface area contributed by atoms with Crippen LogP contribution in [0.4, 0.5) is 5.82 Å². The summed E-state index contributed by atoms with van der Waals surface area (Å²) in [6.45, 7) is 2.42. The number of aromatic nitrogens is 2. The van der Waals surface area contributed by atoms with Crippen LogP contribution < -0.4 is 5.32 Å². The van der Waals surface area contributed by atoms with Gasteiger partial charge in [0, 0.05) is 32.1 Å². The van der Waals surface area contributed by atoms with E-state index < -0.39 is 10.0 Å². The first-order valence-electron chi connectivity index (χ1n) is 6.61. The van der Waals surface area contributed by atoms with Crippen LogP contribution in [0.25, 0.3) is 0 Å². The number of nitrogens with zero attached hydrogens (tertiary/aromatic N) is 3. The van der Waals surface area contributed by atoms with Crippen LogP contribution in [-0.4, -0.2) is 36.3 Å². The lowest BCUT2D eigenvalue weighted by Crippen LogP contribution is -2.30. The Hall–Kier alpha value is -1.99. The van der Waals surface area contributed by atoms with Gasteiger partial charge in [0.1, 0.15) is 5.82 Å². The summed E-state index contributed by atoms with van der Waals surface area (Å²) in [5.41, 5.74) is 0.714. The lowest BCUT2D eigenvalue weighted by atomic mass is 10.3. The third-order valence-electron chi connectivity index (χ3n) is 3.04. The number of hydrogen-bond donors (Lipinski definition) is 1. The van der Waals surface area contributed by atoms with E-state index in [4.69, 9.17) is 0 Å². The zero-order valence-electron chi connectivity index (χ0n) is 12.0. The summed E-state index contributed by atoms with van der Waals surface area (Å²) < 4.78 is 26.7. The van der Waals surface area contributed by atoms with Crippen LogP contribution in [0.5, 0.6) is 0 Å². The van der Waals surface area contributed by atoms with Crippen molar-refractivity contribution in [3.05, 3.63) is 48.4 Å². The molecule has 112 valence electrons. The van der Waals surface area contributed by atoms with Crippen molar-refractivity contribution in [2.45, 2.75) is 18.4 Å². The fourth-order valence-corrected chi connectivity index (χ4v) is 3.33. The number of rotatable bonds is 6. The van der Waals surface area contributed by atoms with Crippen molar-refractivity contribution in [3.63, 3.8) is 0 Å². The molecule has 0 aliphatic rings. The molecule has 2 rings (SSSR count). The Morgan fingerprint density at radius 3 is 2.62 bits per heavy atom. The molecule has 0 radical (unpaired) electrons. The zero-order valence-corrected chi connectivity index (χ0v) is 12.8. The molecular weight excluding hydrogens is 288 g/mol. The third-order valence-corrected chi connectivity index (χ3v) is 4.96. The van der Waals surface area contributed by atoms with Crippen LogP contribution in [-0.2, 0) is 16.6 Å². The maximum absolute atomic E-state index is 12.7. The second kappa shape index (κ2) is 6.64. The summed E-state index contributed by atoms with van der Waals surface area (Å²) in [4.78, 5) is 8.43. The van der Waals surface area contributed by atoms with Crippen molar-refractivity contribution in [3.8, 4) is 0 Å². The van der Waals surface area contributed by atoms with E-state index in [0.717, 1.165) is 0 Å². The monoisotopic (exact) mass is 306 g/mol. The second-order valence-electron chi connectivity index (χ2n) is 4.38. The molecular formula is C14H18N4O2S. The van der Waals surface area contributed by atoms with Gasteiger partial charge < -0.3 is 5.32 Å². The molecule has 0 amide bonds. The average molecular weight is 306 g/mol. The minimum atomic E-state index is -3.57. The van der Waals surface area contributed by atoms with Gasteiger partial charge >= 0.3 is 0 Å². The van der Waals surface area contributed by atoms with Crippen molar-refractivity contribution >= 4 is 15.8 Å². The quantitative estimate of drug-likeness (QED) is 0.879. The van der Waals surface area contributed by atoms with Gasteiger partial charge in [0.25, 0.3) is 0 Å². The molecule has 0 saturated heterocycles. The van der Waals surface area contributed by atoms with Gasteiger partial charge in [0.2, 0.25) is 10.0 Å². The van der Waals surface area contributed by atoms with E-state index in [1.54, 1.807) is 26.2 Å². The van der Waals surface area contributed by atoms with Gasteiger partial charge in [-0.15, -0.1) is 0 Å². The molecule has 0 aromatic carbocycles. The maximum atomic E-state index is 12.7. The minimum Gasteiger partial charge on any atom is -0.373 e. The van der Waals surface area contributed by atoms with Crippen molar-refractivity contribution in [2.75, 3.05) is 18.9 Å². The lowest BCUT2D eigenvalue weighted by molar-refractivity contribution is 0.419. The molecule has 0 unspecified atom stereocenters. The Bertz CT molecular complexity index is 689. The lowest BCUT2D eigenvalue weighted by Gasteiger charge is -2.20. The van der Waals surface area contributed by atoms with Crippen LogP contribution in [0.1, 0.15) is 12.6 Å². The first-order chi connectivity index (χ1) is 10.1. The molecule has 2 aromatic rings. The van der Waals surface area contributed by atoms with E-state index in [9.17, 15) is 8.42 Å². The van der Waals surface area contributed by atoms with Crippen LogP contribution in [0, 0.1) is 0 Å². The van der Waals surface area contributed by atoms with E-state index in [-0.39, 0.29) is 11.4 Å². The number of anilines is 1. The van der Waals surface area contributed by atoms with E-state index in [1.807, 2.05) is 12.1 Å². The molecule has 21 heavy (non-hydrogen) atoms. The molecule has 0 saturated carbocycles. The first-order valence-corrected chi connectivity index (χ1v) is 8.05. The molecule has 2 aromatic heterocycles. The van der Waals surface area contributed by atoms with E-state index in [1.165, 1.54) is 22.6 Å². The SMILES string of the molecule is CCN(Cc1ccccn1)S(=O)(=O)c1ccnc(NC)c1. The fraction of sp³-hybridized carbons (Fsp3) is 0.286. The van der Waals surface area contributed by atoms with Gasteiger partial charge in [-0.2, -0.15) is 4.31 Å². The number of pyridine rings is 2. The highest BCUT2D eigenvalue weighted by atomic mass is 32.2. The third kappa shape index (κ3) is 3.56. The van der Waals surface area contributed by atoms with E-state index in [2.05, 4.69) is 15.3 Å². The predicted octanol–water partition coefficient (Wildman–Crippen LogP) is 1.73. The molecule has 0 aliphatic carbocycles. The Morgan fingerprint density at radius 1 is 1.19 bits per heavy atom. The molecule has 2 heterocycles. The summed E-state index contributed by atoms with van der Waals surface area (Å²) in [6.07, 6.45) is 3.13. The Kier molecular flexibility index (Phi) is 4.87. The number of hydrogen-bond acceptors (Lipinski definition) is 5. The second-order valence-corrected chi connectivity index (χ2v) is 6.32. The van der Waals surface area contributed by atoms with Gasteiger partial charge in [0.15, 0.2) is 0 Å². The standard InChI is InChI=1S/C14H18N4O2S/c1-3-18(11-12-6-4-5-8-16-12)21(19,20)13-7-9-17-14(10-13)15-2/h4-10H,3,11H2,1-2H3,(H,15,17). The summed E-state index contributed by atoms with van der Waals surface area (Å²) in [7, 11) is -1.87. The van der Waals surface area contributed by atoms with Gasteiger partial charge in [-0.3, -0.25) is 4.98 Å². The minimum absolute atomic E-state index is 0.222. The van der Waals surface area contributed by atoms with Crippen LogP contribution in [0.2, 0.25) is 0 Å². The molecule has 1 N–H and O–H groups in total. The number of nitrogens with one attached hydrogen (secondary N) is 1. The summed E-state index contributed by atoms with van der Waals surface area (Å²) in [5, 5.41) is 2.84. The highest BCUT2D eigenvalue weighted by Gasteiger charge is 2.24. The predicted molar refractivity (Wildman–Crippen MR) is 81.3 cm³/mol. The van der Waals surface area contributed by atoms with E-state index in [0.29, 0.717) is 18.1 Å². The van der Waals surface area contributed by atoms with Crippen molar-refractivity contribution < 1.29 is 8.42 Å². The molecule has 0 spiro atoms. The molecule has 0 bridgehead atoms. The van der Waals surface area contributed by atoms with Crippen molar-refractivity contribution in [1.82, 2.24) is 14.3 Å². The summed E-state index contributed by atoms with van der Waals surface area (Å²) >= 11 is 0. The molecule has 7 heteroatoms. The Morgan fingerprint density at radius 2 is 2.00 bits per heavy atom. The average Bonchev–Trinajstić information content (AvgIpc) is 2.53. The van der Waals surface area contributed by atoms with Gasteiger partial charge in [0.05, 0.1) is 17.1 Å². The molecule has 0 atom stereocenters. The highest BCUT2D eigenvalue weighted by molar-refractivity contribution is 7.89. The first kappa shape index (κ1) is 15.4. The van der Waals surface area contributed by atoms with Crippen LogP contribution >= 0.6 is 0 Å². The van der Waals surface area contributed by atoms with Crippen LogP contribution in [0.3, 0.4) is 0 Å². The molecule has 0 fully saturated rings. The number of sulfonamides is 1. The van der Waals surface area contributed by atoms with Crippen molar-refractivity contribution in [1.29, 1.82) is 0 Å². The van der Waals surface area contributed by atoms with E-state index >= 15 is 0 Å². The van der Waals surface area contributed by atoms with Gasteiger partial charge in [-0.1, -0.05) is 13.0 Å². The molecule has 6 nitrogen and oxygen atoms in total. The smallest absolute Gasteiger partial charge is 0.243 e. The normalized spacial score (nSPS) is 11.6. The van der Waals surface area contributed by atoms with Gasteiger partial charge in [-0.25, -0.2) is 13.4 Å². The van der Waals surface area contributed by atoms with Gasteiger partial charge in [-0.05, 0) is 18.2 Å². The summed E-state index contributed by atoms with van der Waals surface area (Å²) in [6, 6.07) is 8.47. The fourth-order valence-electron chi connectivity index (χ4n) is 1.90. The topological polar surface area (TPSA) is 75.2 Å². The van der Waals surface area contributed by atoms with Crippen molar-refractivity contribution in [2.24, 2.45) is 0 Å². The Balaban J connectivity index is 2.31. The highest BCUT2D eigenvalue weighted by Crippen LogP contribution is 2.19. The zero-order chi connectivity index (χ0) is 15.3. The largest absolute Gasteiger partial charge is 0.373 e.